The van der Waals surface area contributed by atoms with Crippen LogP contribution < -0.4 is 4.57 Å². The fourth-order valence-electron chi connectivity index (χ4n) is 1.13. The van der Waals surface area contributed by atoms with Gasteiger partial charge in [-0.05, 0) is 0 Å². The number of aldehydes is 1. The summed E-state index contributed by atoms with van der Waals surface area (Å²) < 4.78 is 31.1. The van der Waals surface area contributed by atoms with Crippen LogP contribution in [-0.2, 0) is 16.7 Å². The van der Waals surface area contributed by atoms with E-state index < -0.39 is 10.1 Å². The lowest BCUT2D eigenvalue weighted by Crippen LogP contribution is -2.33. The Morgan fingerprint density at radius 1 is 1.33 bits per heavy atom. The molecule has 1 aromatic rings. The Kier molecular flexibility index (Phi) is 3.93. The second-order valence-electron chi connectivity index (χ2n) is 3.13. The zero-order valence-electron chi connectivity index (χ0n) is 8.04. The van der Waals surface area contributed by atoms with Gasteiger partial charge in [0.2, 0.25) is 0 Å². The SMILES string of the molecule is O=Cc1cc[n+](CCCS(=O)(=O)O)cc1. The first kappa shape index (κ1) is 11.8. The molecule has 1 rings (SSSR count). The summed E-state index contributed by atoms with van der Waals surface area (Å²) in [5, 5.41) is 0. The molecule has 6 heteroatoms. The highest BCUT2D eigenvalue weighted by Gasteiger charge is 2.07. The minimum atomic E-state index is -3.88. The van der Waals surface area contributed by atoms with E-state index in [-0.39, 0.29) is 5.75 Å². The predicted molar refractivity (Wildman–Crippen MR) is 53.1 cm³/mol. The molecule has 15 heavy (non-hydrogen) atoms. The van der Waals surface area contributed by atoms with Crippen molar-refractivity contribution in [3.8, 4) is 0 Å². The van der Waals surface area contributed by atoms with Crippen molar-refractivity contribution in [2.45, 2.75) is 13.0 Å². The average Bonchev–Trinajstić information content (AvgIpc) is 2.17. The lowest BCUT2D eigenvalue weighted by molar-refractivity contribution is -0.696. The normalized spacial score (nSPS) is 11.3. The maximum Gasteiger partial charge on any atom is 0.265 e. The molecule has 82 valence electrons. The fourth-order valence-corrected chi connectivity index (χ4v) is 1.62. The molecule has 0 unspecified atom stereocenters. The van der Waals surface area contributed by atoms with Gasteiger partial charge in [0.15, 0.2) is 18.7 Å². The Morgan fingerprint density at radius 3 is 2.40 bits per heavy atom. The second-order valence-corrected chi connectivity index (χ2v) is 4.70. The number of hydrogen-bond acceptors (Lipinski definition) is 3. The fraction of sp³-hybridized carbons (Fsp3) is 0.333. The first-order chi connectivity index (χ1) is 7.01. The van der Waals surface area contributed by atoms with E-state index in [4.69, 9.17) is 4.55 Å². The topological polar surface area (TPSA) is 75.3 Å². The van der Waals surface area contributed by atoms with E-state index in [1.54, 1.807) is 29.1 Å². The van der Waals surface area contributed by atoms with Crippen molar-refractivity contribution in [2.24, 2.45) is 0 Å². The highest BCUT2D eigenvalue weighted by Crippen LogP contribution is 1.91. The summed E-state index contributed by atoms with van der Waals surface area (Å²) in [4.78, 5) is 10.3. The van der Waals surface area contributed by atoms with E-state index in [0.29, 0.717) is 18.5 Å². The number of aromatic nitrogens is 1. The van der Waals surface area contributed by atoms with Crippen molar-refractivity contribution < 1.29 is 22.3 Å². The van der Waals surface area contributed by atoms with Gasteiger partial charge in [0.25, 0.3) is 10.1 Å². The molecule has 0 saturated heterocycles. The van der Waals surface area contributed by atoms with E-state index in [0.717, 1.165) is 6.29 Å². The van der Waals surface area contributed by atoms with Gasteiger partial charge < -0.3 is 0 Å². The van der Waals surface area contributed by atoms with E-state index in [1.807, 2.05) is 0 Å². The van der Waals surface area contributed by atoms with Gasteiger partial charge in [-0.2, -0.15) is 8.42 Å². The van der Waals surface area contributed by atoms with Crippen LogP contribution in [0.5, 0.6) is 0 Å². The summed E-state index contributed by atoms with van der Waals surface area (Å²) in [7, 11) is -3.88. The molecule has 1 N–H and O–H groups in total. The van der Waals surface area contributed by atoms with Gasteiger partial charge in [0.05, 0.1) is 5.75 Å². The number of hydrogen-bond donors (Lipinski definition) is 1. The average molecular weight is 230 g/mol. The van der Waals surface area contributed by atoms with Gasteiger partial charge in [-0.3, -0.25) is 9.35 Å². The molecule has 0 saturated carbocycles. The van der Waals surface area contributed by atoms with Gasteiger partial charge in [-0.1, -0.05) is 0 Å². The standard InChI is InChI=1S/C9H11NO4S/c11-8-9-2-5-10(6-3-9)4-1-7-15(12,13)14/h2-3,5-6,8H,1,4,7H2/p+1. The molecule has 0 amide bonds. The zero-order chi connectivity index (χ0) is 11.3. The molecule has 1 heterocycles. The number of carbonyl (C=O) groups is 1. The maximum absolute atomic E-state index is 10.4. The number of carbonyl (C=O) groups excluding carboxylic acids is 1. The second kappa shape index (κ2) is 4.99. The van der Waals surface area contributed by atoms with Crippen LogP contribution >= 0.6 is 0 Å². The van der Waals surface area contributed by atoms with E-state index in [9.17, 15) is 13.2 Å². The smallest absolute Gasteiger partial charge is 0.265 e. The van der Waals surface area contributed by atoms with Crippen molar-refractivity contribution in [1.82, 2.24) is 0 Å². The summed E-state index contributed by atoms with van der Waals surface area (Å²) in [5.41, 5.74) is 0.570. The van der Waals surface area contributed by atoms with Crippen LogP contribution in [0.2, 0.25) is 0 Å². The van der Waals surface area contributed by atoms with E-state index in [2.05, 4.69) is 0 Å². The Labute approximate surface area is 88.1 Å². The molecule has 0 aliphatic heterocycles. The molecule has 0 aliphatic carbocycles. The van der Waals surface area contributed by atoms with Gasteiger partial charge in [-0.25, -0.2) is 4.57 Å². The van der Waals surface area contributed by atoms with Gasteiger partial charge >= 0.3 is 0 Å². The van der Waals surface area contributed by atoms with Crippen molar-refractivity contribution in [1.29, 1.82) is 0 Å². The summed E-state index contributed by atoms with van der Waals surface area (Å²) in [6.45, 7) is 0.485. The largest absolute Gasteiger partial charge is 0.298 e. The van der Waals surface area contributed by atoms with Gasteiger partial charge in [-0.15, -0.1) is 0 Å². The minimum absolute atomic E-state index is 0.255. The molecule has 5 nitrogen and oxygen atoms in total. The van der Waals surface area contributed by atoms with Gasteiger partial charge in [0.1, 0.15) is 6.54 Å². The third-order valence-electron chi connectivity index (χ3n) is 1.87. The number of pyridine rings is 1. The Balaban J connectivity index is 2.48. The Morgan fingerprint density at radius 2 is 1.93 bits per heavy atom. The van der Waals surface area contributed by atoms with E-state index in [1.165, 1.54) is 0 Å². The molecule has 0 spiro atoms. The summed E-state index contributed by atoms with van der Waals surface area (Å²) in [6, 6.07) is 3.28. The number of nitrogens with zero attached hydrogens (tertiary/aromatic N) is 1. The molecular formula is C9H12NO4S+. The molecule has 0 bridgehead atoms. The van der Waals surface area contributed by atoms with Crippen LogP contribution in [0.1, 0.15) is 16.8 Å². The molecule has 0 aliphatic rings. The first-order valence-electron chi connectivity index (χ1n) is 4.41. The minimum Gasteiger partial charge on any atom is -0.298 e. The molecular weight excluding hydrogens is 218 g/mol. The molecule has 0 fully saturated rings. The third-order valence-corrected chi connectivity index (χ3v) is 2.68. The number of aryl methyl sites for hydroxylation is 1. The van der Waals surface area contributed by atoms with Crippen LogP contribution in [0.25, 0.3) is 0 Å². The third kappa shape index (κ3) is 4.66. The summed E-state index contributed by atoms with van der Waals surface area (Å²) >= 11 is 0. The van der Waals surface area contributed by atoms with Crippen molar-refractivity contribution in [2.75, 3.05) is 5.75 Å². The maximum atomic E-state index is 10.4. The summed E-state index contributed by atoms with van der Waals surface area (Å²) in [6.07, 6.45) is 4.45. The lowest BCUT2D eigenvalue weighted by Gasteiger charge is -1.96. The van der Waals surface area contributed by atoms with Crippen LogP contribution in [0.15, 0.2) is 24.5 Å². The Bertz CT molecular complexity index is 424. The van der Waals surface area contributed by atoms with Gasteiger partial charge in [0, 0.05) is 24.1 Å². The summed E-state index contributed by atoms with van der Waals surface area (Å²) in [5.74, 6) is -0.255. The monoisotopic (exact) mass is 230 g/mol. The molecule has 1 aromatic heterocycles. The number of rotatable bonds is 5. The van der Waals surface area contributed by atoms with Crippen LogP contribution in [-0.4, -0.2) is 25.0 Å². The first-order valence-corrected chi connectivity index (χ1v) is 6.01. The lowest BCUT2D eigenvalue weighted by atomic mass is 10.3. The molecule has 0 aromatic carbocycles. The highest BCUT2D eigenvalue weighted by atomic mass is 32.2. The van der Waals surface area contributed by atoms with Crippen molar-refractivity contribution >= 4 is 16.4 Å². The Hall–Kier alpha value is -1.27. The van der Waals surface area contributed by atoms with Crippen LogP contribution in [0.4, 0.5) is 0 Å². The zero-order valence-corrected chi connectivity index (χ0v) is 8.85. The van der Waals surface area contributed by atoms with Crippen molar-refractivity contribution in [3.63, 3.8) is 0 Å². The molecule has 0 radical (unpaired) electrons. The van der Waals surface area contributed by atoms with Crippen LogP contribution in [0, 0.1) is 0 Å². The van der Waals surface area contributed by atoms with Crippen molar-refractivity contribution in [3.05, 3.63) is 30.1 Å². The highest BCUT2D eigenvalue weighted by molar-refractivity contribution is 7.85. The van der Waals surface area contributed by atoms with Crippen LogP contribution in [0.3, 0.4) is 0 Å². The van der Waals surface area contributed by atoms with E-state index >= 15 is 0 Å². The molecule has 0 atom stereocenters. The quantitative estimate of drug-likeness (QED) is 0.441. The predicted octanol–water partition coefficient (Wildman–Crippen LogP) is 0.0645.